The zero-order valence-corrected chi connectivity index (χ0v) is 8.22. The van der Waals surface area contributed by atoms with Gasteiger partial charge in [0.15, 0.2) is 6.10 Å². The Balaban J connectivity index is 2.48. The van der Waals surface area contributed by atoms with Crippen molar-refractivity contribution in [3.63, 3.8) is 0 Å². The molecule has 1 aliphatic rings. The average Bonchev–Trinajstić information content (AvgIpc) is 2.32. The van der Waals surface area contributed by atoms with Gasteiger partial charge < -0.3 is 9.84 Å². The molecule has 1 fully saturated rings. The fraction of sp³-hybridized carbons (Fsp3) is 1.00. The van der Waals surface area contributed by atoms with E-state index < -0.39 is 17.0 Å². The van der Waals surface area contributed by atoms with Gasteiger partial charge in [-0.3, -0.25) is 0 Å². The quantitative estimate of drug-likeness (QED) is 0.753. The number of alkyl halides is 3. The number of halogens is 3. The van der Waals surface area contributed by atoms with E-state index >= 15 is 0 Å². The van der Waals surface area contributed by atoms with Gasteiger partial charge in [-0.1, -0.05) is 0 Å². The van der Waals surface area contributed by atoms with Gasteiger partial charge in [0.2, 0.25) is 0 Å². The maximum atomic E-state index is 12.5. The molecule has 0 bridgehead atoms. The van der Waals surface area contributed by atoms with Crippen LogP contribution in [-0.2, 0) is 4.74 Å². The lowest BCUT2D eigenvalue weighted by atomic mass is 10.1. The van der Waals surface area contributed by atoms with Crippen LogP contribution in [0.2, 0.25) is 0 Å². The van der Waals surface area contributed by atoms with Crippen molar-refractivity contribution in [3.8, 4) is 0 Å². The van der Waals surface area contributed by atoms with Crippen molar-refractivity contribution in [2.24, 2.45) is 0 Å². The molecule has 0 aromatic heterocycles. The van der Waals surface area contributed by atoms with Gasteiger partial charge in [-0.25, -0.2) is 0 Å². The maximum absolute atomic E-state index is 12.5. The van der Waals surface area contributed by atoms with Crippen LogP contribution in [0.15, 0.2) is 0 Å². The van der Waals surface area contributed by atoms with Gasteiger partial charge in [0.25, 0.3) is 0 Å². The molecule has 1 N–H and O–H groups in total. The summed E-state index contributed by atoms with van der Waals surface area (Å²) in [4.78, 5) is -3.25. The van der Waals surface area contributed by atoms with Crippen LogP contribution in [0.3, 0.4) is 0 Å². The van der Waals surface area contributed by atoms with Gasteiger partial charge in [0.1, 0.15) is 0 Å². The van der Waals surface area contributed by atoms with Gasteiger partial charge in [-0.2, -0.15) is 8.78 Å². The van der Waals surface area contributed by atoms with Crippen molar-refractivity contribution in [3.05, 3.63) is 0 Å². The third-order valence-corrected chi connectivity index (χ3v) is 2.42. The molecule has 72 valence electrons. The summed E-state index contributed by atoms with van der Waals surface area (Å²) in [7, 11) is 0. The van der Waals surface area contributed by atoms with E-state index in [1.807, 2.05) is 0 Å². The van der Waals surface area contributed by atoms with Crippen LogP contribution in [-0.4, -0.2) is 28.3 Å². The standard InChI is InChI=1S/C7H11BrF2O2/c1-4-2-3-5(12-4)6(11)7(8,9)10/h4-6,11H,2-3H2,1H3. The normalized spacial score (nSPS) is 33.8. The van der Waals surface area contributed by atoms with Crippen LogP contribution in [0.25, 0.3) is 0 Å². The van der Waals surface area contributed by atoms with Gasteiger partial charge >= 0.3 is 4.83 Å². The predicted octanol–water partition coefficient (Wildman–Crippen LogP) is 1.90. The SMILES string of the molecule is CC1CCC(C(O)C(F)(F)Br)O1. The van der Waals surface area contributed by atoms with E-state index in [9.17, 15) is 8.78 Å². The first-order valence-electron chi connectivity index (χ1n) is 3.81. The van der Waals surface area contributed by atoms with E-state index in [0.717, 1.165) is 6.42 Å². The molecule has 12 heavy (non-hydrogen) atoms. The van der Waals surface area contributed by atoms with Crippen molar-refractivity contribution in [2.45, 2.75) is 42.9 Å². The smallest absolute Gasteiger partial charge is 0.329 e. The minimum atomic E-state index is -3.25. The molecule has 1 rings (SSSR count). The Morgan fingerprint density at radius 3 is 2.50 bits per heavy atom. The van der Waals surface area contributed by atoms with E-state index in [0.29, 0.717) is 6.42 Å². The minimum absolute atomic E-state index is 0.0282. The van der Waals surface area contributed by atoms with E-state index in [1.165, 1.54) is 0 Å². The molecule has 0 aliphatic carbocycles. The van der Waals surface area contributed by atoms with Gasteiger partial charge in [0, 0.05) is 0 Å². The summed E-state index contributed by atoms with van der Waals surface area (Å²) >= 11 is 2.11. The number of aliphatic hydroxyl groups excluding tert-OH is 1. The summed E-state index contributed by atoms with van der Waals surface area (Å²) < 4.78 is 30.1. The Labute approximate surface area is 78.0 Å². The Morgan fingerprint density at radius 2 is 2.17 bits per heavy atom. The monoisotopic (exact) mass is 244 g/mol. The maximum Gasteiger partial charge on any atom is 0.329 e. The molecular formula is C7H11BrF2O2. The van der Waals surface area contributed by atoms with Crippen LogP contribution < -0.4 is 0 Å². The van der Waals surface area contributed by atoms with E-state index in [-0.39, 0.29) is 6.10 Å². The summed E-state index contributed by atoms with van der Waals surface area (Å²) in [5.41, 5.74) is 0. The van der Waals surface area contributed by atoms with Crippen LogP contribution in [0.5, 0.6) is 0 Å². The highest BCUT2D eigenvalue weighted by Gasteiger charge is 2.43. The molecule has 0 saturated carbocycles. The third-order valence-electron chi connectivity index (χ3n) is 1.95. The first kappa shape index (κ1) is 10.3. The average molecular weight is 245 g/mol. The Kier molecular flexibility index (Phi) is 3.06. The fourth-order valence-electron chi connectivity index (χ4n) is 1.28. The minimum Gasteiger partial charge on any atom is -0.383 e. The van der Waals surface area contributed by atoms with Crippen molar-refractivity contribution >= 4 is 15.9 Å². The van der Waals surface area contributed by atoms with Crippen molar-refractivity contribution in [2.75, 3.05) is 0 Å². The lowest BCUT2D eigenvalue weighted by Crippen LogP contribution is -2.38. The summed E-state index contributed by atoms with van der Waals surface area (Å²) in [5, 5.41) is 9.08. The molecule has 3 unspecified atom stereocenters. The van der Waals surface area contributed by atoms with Gasteiger partial charge in [-0.05, 0) is 35.7 Å². The molecule has 0 aromatic carbocycles. The molecule has 1 aliphatic heterocycles. The van der Waals surface area contributed by atoms with E-state index in [4.69, 9.17) is 9.84 Å². The Morgan fingerprint density at radius 1 is 1.58 bits per heavy atom. The number of ether oxygens (including phenoxy) is 1. The Bertz CT molecular complexity index is 160. The van der Waals surface area contributed by atoms with Crippen molar-refractivity contribution < 1.29 is 18.6 Å². The van der Waals surface area contributed by atoms with Crippen LogP contribution in [0, 0.1) is 0 Å². The third kappa shape index (κ3) is 2.37. The highest BCUT2D eigenvalue weighted by Crippen LogP contribution is 2.33. The second kappa shape index (κ2) is 3.55. The highest BCUT2D eigenvalue weighted by atomic mass is 79.9. The number of hydrogen-bond acceptors (Lipinski definition) is 2. The van der Waals surface area contributed by atoms with E-state index in [1.54, 1.807) is 6.92 Å². The first-order valence-corrected chi connectivity index (χ1v) is 4.61. The fourth-order valence-corrected chi connectivity index (χ4v) is 1.57. The highest BCUT2D eigenvalue weighted by molar-refractivity contribution is 9.10. The molecule has 3 atom stereocenters. The van der Waals surface area contributed by atoms with E-state index in [2.05, 4.69) is 15.9 Å². The molecule has 0 aromatic rings. The molecule has 0 spiro atoms. The first-order chi connectivity index (χ1) is 5.41. The second-order valence-corrected chi connectivity index (χ2v) is 4.11. The van der Waals surface area contributed by atoms with Crippen molar-refractivity contribution in [1.29, 1.82) is 0 Å². The molecule has 1 saturated heterocycles. The van der Waals surface area contributed by atoms with Gasteiger partial charge in [0.05, 0.1) is 12.2 Å². The van der Waals surface area contributed by atoms with Crippen LogP contribution >= 0.6 is 15.9 Å². The molecular weight excluding hydrogens is 234 g/mol. The molecule has 5 heteroatoms. The lowest BCUT2D eigenvalue weighted by molar-refractivity contribution is -0.109. The zero-order valence-electron chi connectivity index (χ0n) is 6.64. The van der Waals surface area contributed by atoms with Crippen molar-refractivity contribution in [1.82, 2.24) is 0 Å². The zero-order chi connectivity index (χ0) is 9.35. The number of hydrogen-bond donors (Lipinski definition) is 1. The molecule has 2 nitrogen and oxygen atoms in total. The second-order valence-electron chi connectivity index (χ2n) is 3.05. The number of rotatable bonds is 2. The summed E-state index contributed by atoms with van der Waals surface area (Å²) in [6.45, 7) is 1.80. The summed E-state index contributed by atoms with van der Waals surface area (Å²) in [6, 6.07) is 0. The molecule has 0 radical (unpaired) electrons. The van der Waals surface area contributed by atoms with Gasteiger partial charge in [-0.15, -0.1) is 0 Å². The summed E-state index contributed by atoms with van der Waals surface area (Å²) in [5.74, 6) is 0. The largest absolute Gasteiger partial charge is 0.383 e. The summed E-state index contributed by atoms with van der Waals surface area (Å²) in [6.07, 6.45) is -1.30. The Hall–Kier alpha value is 0.260. The van der Waals surface area contributed by atoms with Crippen LogP contribution in [0.4, 0.5) is 8.78 Å². The topological polar surface area (TPSA) is 29.5 Å². The molecule has 0 amide bonds. The van der Waals surface area contributed by atoms with Crippen LogP contribution in [0.1, 0.15) is 19.8 Å². The molecule has 1 heterocycles. The predicted molar refractivity (Wildman–Crippen MR) is 43.4 cm³/mol. The lowest BCUT2D eigenvalue weighted by Gasteiger charge is -2.22. The number of aliphatic hydroxyl groups is 1.